The number of methoxy groups -OCH3 is 1. The largest absolute Gasteiger partial charge is 0.496 e. The number of nitrogens with zero attached hydrogens (tertiary/aromatic N) is 2. The highest BCUT2D eigenvalue weighted by molar-refractivity contribution is 5.72. The van der Waals surface area contributed by atoms with E-state index in [0.717, 1.165) is 52.5 Å². The first kappa shape index (κ1) is 15.3. The minimum absolute atomic E-state index is 0.851. The van der Waals surface area contributed by atoms with Crippen LogP contribution < -0.4 is 10.1 Å². The summed E-state index contributed by atoms with van der Waals surface area (Å²) in [4.78, 5) is 8.89. The molecule has 0 atom stereocenters. The summed E-state index contributed by atoms with van der Waals surface area (Å²) < 4.78 is 5.39. The standard InChI is InChI=1S/C17H23N3O/c1-6-13-16(19-10-20-17(13)18-7-2)14-8-12(4)15(21-5)9-11(14)3/h8-10H,6-7H2,1-5H3,(H,18,19,20). The number of rotatable bonds is 5. The van der Waals surface area contributed by atoms with Gasteiger partial charge in [-0.2, -0.15) is 0 Å². The third-order valence-electron chi connectivity index (χ3n) is 3.64. The van der Waals surface area contributed by atoms with E-state index in [9.17, 15) is 0 Å². The highest BCUT2D eigenvalue weighted by Gasteiger charge is 2.14. The van der Waals surface area contributed by atoms with Gasteiger partial charge in [0.15, 0.2) is 0 Å². The van der Waals surface area contributed by atoms with Crippen LogP contribution in [-0.4, -0.2) is 23.6 Å². The van der Waals surface area contributed by atoms with Gasteiger partial charge in [0, 0.05) is 17.7 Å². The second-order valence-corrected chi connectivity index (χ2v) is 5.07. The molecule has 2 aromatic rings. The van der Waals surface area contributed by atoms with Gasteiger partial charge in [-0.3, -0.25) is 0 Å². The Bertz CT molecular complexity index is 638. The Morgan fingerprint density at radius 3 is 2.48 bits per heavy atom. The molecule has 0 unspecified atom stereocenters. The van der Waals surface area contributed by atoms with Gasteiger partial charge >= 0.3 is 0 Å². The molecule has 4 heteroatoms. The molecular formula is C17H23N3O. The van der Waals surface area contributed by atoms with E-state index < -0.39 is 0 Å². The van der Waals surface area contributed by atoms with Crippen molar-refractivity contribution in [1.29, 1.82) is 0 Å². The number of benzene rings is 1. The molecule has 0 aliphatic carbocycles. The van der Waals surface area contributed by atoms with E-state index in [1.54, 1.807) is 13.4 Å². The van der Waals surface area contributed by atoms with Crippen molar-refractivity contribution in [2.45, 2.75) is 34.1 Å². The van der Waals surface area contributed by atoms with Gasteiger partial charge in [-0.05, 0) is 50.5 Å². The summed E-state index contributed by atoms with van der Waals surface area (Å²) in [5.41, 5.74) is 5.59. The molecule has 0 saturated heterocycles. The van der Waals surface area contributed by atoms with E-state index in [2.05, 4.69) is 55.1 Å². The minimum atomic E-state index is 0.851. The van der Waals surface area contributed by atoms with E-state index in [1.165, 1.54) is 0 Å². The summed E-state index contributed by atoms with van der Waals surface area (Å²) in [7, 11) is 1.70. The highest BCUT2D eigenvalue weighted by atomic mass is 16.5. The Labute approximate surface area is 126 Å². The summed E-state index contributed by atoms with van der Waals surface area (Å²) >= 11 is 0. The first-order valence-electron chi connectivity index (χ1n) is 7.35. The lowest BCUT2D eigenvalue weighted by atomic mass is 9.97. The van der Waals surface area contributed by atoms with Crippen LogP contribution >= 0.6 is 0 Å². The predicted octanol–water partition coefficient (Wildman–Crippen LogP) is 3.76. The molecule has 1 aromatic carbocycles. The van der Waals surface area contributed by atoms with E-state index in [1.807, 2.05) is 0 Å². The molecule has 2 rings (SSSR count). The first-order chi connectivity index (χ1) is 10.1. The van der Waals surface area contributed by atoms with Crippen LogP contribution in [0.3, 0.4) is 0 Å². The van der Waals surface area contributed by atoms with Crippen LogP contribution in [0, 0.1) is 13.8 Å². The third-order valence-corrected chi connectivity index (χ3v) is 3.64. The summed E-state index contributed by atoms with van der Waals surface area (Å²) in [5.74, 6) is 1.84. The molecule has 4 nitrogen and oxygen atoms in total. The van der Waals surface area contributed by atoms with E-state index in [0.29, 0.717) is 0 Å². The van der Waals surface area contributed by atoms with Crippen molar-refractivity contribution >= 4 is 5.82 Å². The van der Waals surface area contributed by atoms with Crippen LogP contribution in [-0.2, 0) is 6.42 Å². The molecule has 0 amide bonds. The van der Waals surface area contributed by atoms with Crippen LogP contribution in [0.1, 0.15) is 30.5 Å². The van der Waals surface area contributed by atoms with Crippen molar-refractivity contribution < 1.29 is 4.74 Å². The summed E-state index contributed by atoms with van der Waals surface area (Å²) in [6.07, 6.45) is 2.52. The maximum Gasteiger partial charge on any atom is 0.133 e. The Morgan fingerprint density at radius 2 is 1.86 bits per heavy atom. The van der Waals surface area contributed by atoms with Crippen molar-refractivity contribution in [3.63, 3.8) is 0 Å². The molecule has 0 aliphatic heterocycles. The van der Waals surface area contributed by atoms with Gasteiger partial charge in [0.05, 0.1) is 12.8 Å². The number of ether oxygens (including phenoxy) is 1. The number of hydrogen-bond acceptors (Lipinski definition) is 4. The number of anilines is 1. The summed E-state index contributed by atoms with van der Waals surface area (Å²) in [5, 5.41) is 3.32. The second kappa shape index (κ2) is 6.57. The number of nitrogens with one attached hydrogen (secondary N) is 1. The molecule has 1 N–H and O–H groups in total. The lowest BCUT2D eigenvalue weighted by Crippen LogP contribution is -2.06. The minimum Gasteiger partial charge on any atom is -0.496 e. The van der Waals surface area contributed by atoms with Crippen LogP contribution in [0.25, 0.3) is 11.3 Å². The van der Waals surface area contributed by atoms with Gasteiger partial charge in [0.1, 0.15) is 17.9 Å². The third kappa shape index (κ3) is 2.99. The molecule has 0 spiro atoms. The van der Waals surface area contributed by atoms with Gasteiger partial charge in [0.2, 0.25) is 0 Å². The van der Waals surface area contributed by atoms with Crippen LogP contribution in [0.5, 0.6) is 5.75 Å². The quantitative estimate of drug-likeness (QED) is 0.908. The van der Waals surface area contributed by atoms with Crippen molar-refractivity contribution in [3.05, 3.63) is 35.2 Å². The molecular weight excluding hydrogens is 262 g/mol. The van der Waals surface area contributed by atoms with E-state index in [4.69, 9.17) is 4.74 Å². The smallest absolute Gasteiger partial charge is 0.133 e. The average molecular weight is 285 g/mol. The zero-order chi connectivity index (χ0) is 15.4. The Morgan fingerprint density at radius 1 is 1.10 bits per heavy atom. The van der Waals surface area contributed by atoms with Gasteiger partial charge in [-0.1, -0.05) is 6.92 Å². The average Bonchev–Trinajstić information content (AvgIpc) is 2.49. The van der Waals surface area contributed by atoms with Crippen molar-refractivity contribution in [2.24, 2.45) is 0 Å². The molecule has 1 aromatic heterocycles. The molecule has 21 heavy (non-hydrogen) atoms. The molecule has 0 fully saturated rings. The topological polar surface area (TPSA) is 47.0 Å². The van der Waals surface area contributed by atoms with Crippen molar-refractivity contribution in [2.75, 3.05) is 19.0 Å². The fraction of sp³-hybridized carbons (Fsp3) is 0.412. The molecule has 1 heterocycles. The maximum absolute atomic E-state index is 5.39. The predicted molar refractivity (Wildman–Crippen MR) is 87.0 cm³/mol. The number of aromatic nitrogens is 2. The lowest BCUT2D eigenvalue weighted by molar-refractivity contribution is 0.411. The molecule has 0 saturated carbocycles. The van der Waals surface area contributed by atoms with Gasteiger partial charge in [0.25, 0.3) is 0 Å². The maximum atomic E-state index is 5.39. The van der Waals surface area contributed by atoms with Crippen LogP contribution in [0.15, 0.2) is 18.5 Å². The fourth-order valence-electron chi connectivity index (χ4n) is 2.56. The SMILES string of the molecule is CCNc1ncnc(-c2cc(C)c(OC)cc2C)c1CC. The Hall–Kier alpha value is -2.10. The van der Waals surface area contributed by atoms with Gasteiger partial charge in [-0.15, -0.1) is 0 Å². The molecule has 0 bridgehead atoms. The summed E-state index contributed by atoms with van der Waals surface area (Å²) in [6.45, 7) is 9.20. The van der Waals surface area contributed by atoms with Crippen molar-refractivity contribution in [3.8, 4) is 17.0 Å². The molecule has 0 radical (unpaired) electrons. The van der Waals surface area contributed by atoms with Gasteiger partial charge in [-0.25, -0.2) is 9.97 Å². The summed E-state index contributed by atoms with van der Waals surface area (Å²) in [6, 6.07) is 4.21. The zero-order valence-corrected chi connectivity index (χ0v) is 13.4. The normalized spacial score (nSPS) is 10.5. The van der Waals surface area contributed by atoms with E-state index in [-0.39, 0.29) is 0 Å². The fourth-order valence-corrected chi connectivity index (χ4v) is 2.56. The van der Waals surface area contributed by atoms with Crippen LogP contribution in [0.2, 0.25) is 0 Å². The van der Waals surface area contributed by atoms with Gasteiger partial charge < -0.3 is 10.1 Å². The highest BCUT2D eigenvalue weighted by Crippen LogP contribution is 2.32. The number of hydrogen-bond donors (Lipinski definition) is 1. The molecule has 112 valence electrons. The monoisotopic (exact) mass is 285 g/mol. The van der Waals surface area contributed by atoms with E-state index >= 15 is 0 Å². The second-order valence-electron chi connectivity index (χ2n) is 5.07. The number of aryl methyl sites for hydroxylation is 2. The first-order valence-corrected chi connectivity index (χ1v) is 7.35. The van der Waals surface area contributed by atoms with Crippen LogP contribution in [0.4, 0.5) is 5.82 Å². The zero-order valence-electron chi connectivity index (χ0n) is 13.4. The molecule has 0 aliphatic rings. The Balaban J connectivity index is 2.61. The lowest BCUT2D eigenvalue weighted by Gasteiger charge is -2.15. The van der Waals surface area contributed by atoms with Crippen molar-refractivity contribution in [1.82, 2.24) is 9.97 Å². The Kier molecular flexibility index (Phi) is 4.78.